The molecule has 2 aliphatic heterocycles. The summed E-state index contributed by atoms with van der Waals surface area (Å²) in [4.78, 5) is 18.1. The number of hydrogen-bond donors (Lipinski definition) is 1. The van der Waals surface area contributed by atoms with Gasteiger partial charge in [-0.3, -0.25) is 9.79 Å². The minimum absolute atomic E-state index is 0.0686. The van der Waals surface area contributed by atoms with E-state index in [1.807, 2.05) is 78.9 Å². The van der Waals surface area contributed by atoms with Crippen molar-refractivity contribution < 1.29 is 13.9 Å². The number of carbonyl (C=O) groups is 1. The van der Waals surface area contributed by atoms with Gasteiger partial charge in [-0.15, -0.1) is 5.10 Å². The van der Waals surface area contributed by atoms with Crippen LogP contribution in [-0.2, 0) is 16.0 Å². The Labute approximate surface area is 208 Å². The molecule has 0 radical (unpaired) electrons. The Morgan fingerprint density at radius 2 is 1.58 bits per heavy atom. The average molecular weight is 477 g/mol. The maximum Gasteiger partial charge on any atom is 0.317 e. The summed E-state index contributed by atoms with van der Waals surface area (Å²) in [5, 5.41) is 11.5. The smallest absolute Gasteiger partial charge is 0.317 e. The zero-order chi connectivity index (χ0) is 24.3. The van der Waals surface area contributed by atoms with Crippen molar-refractivity contribution in [2.24, 2.45) is 4.99 Å². The molecule has 178 valence electrons. The number of carbonyl (C=O) groups excluding carboxylic acids is 1. The molecule has 6 rings (SSSR count). The van der Waals surface area contributed by atoms with Gasteiger partial charge in [0.2, 0.25) is 5.89 Å². The van der Waals surface area contributed by atoms with Gasteiger partial charge in [-0.1, -0.05) is 84.0 Å². The Balaban J connectivity index is 1.33. The summed E-state index contributed by atoms with van der Waals surface area (Å²) in [6.07, 6.45) is 2.31. The van der Waals surface area contributed by atoms with E-state index in [4.69, 9.17) is 14.1 Å². The van der Waals surface area contributed by atoms with Crippen molar-refractivity contribution in [1.29, 1.82) is 0 Å². The molecule has 0 amide bonds. The van der Waals surface area contributed by atoms with E-state index in [-0.39, 0.29) is 18.2 Å². The third kappa shape index (κ3) is 4.36. The number of hydrogen-bond acceptors (Lipinski definition) is 7. The van der Waals surface area contributed by atoms with Crippen LogP contribution in [0.15, 0.2) is 94.3 Å². The summed E-state index contributed by atoms with van der Waals surface area (Å²) in [6, 6.07) is 25.9. The predicted molar refractivity (Wildman–Crippen MR) is 138 cm³/mol. The fourth-order valence-corrected chi connectivity index (χ4v) is 4.63. The number of Topliss-reactive ketones (excluding diaryl/α,β-unsaturated/α-hetero) is 1. The van der Waals surface area contributed by atoms with Crippen molar-refractivity contribution >= 4 is 23.1 Å². The number of aliphatic imine (C=N–C) groups is 1. The summed E-state index contributed by atoms with van der Waals surface area (Å²) in [6.45, 7) is 1.28. The van der Waals surface area contributed by atoms with Crippen LogP contribution in [0.4, 0.5) is 6.01 Å². The third-order valence-corrected chi connectivity index (χ3v) is 6.40. The van der Waals surface area contributed by atoms with Gasteiger partial charge < -0.3 is 14.5 Å². The SMILES string of the molecule is O=C1Cc2ccccc2C(c2ccccc2)=NC1Nc1nnc(-c2ccccc2C2=CCOCC2)o1. The first-order valence-electron chi connectivity index (χ1n) is 12.0. The van der Waals surface area contributed by atoms with E-state index >= 15 is 0 Å². The van der Waals surface area contributed by atoms with E-state index in [9.17, 15) is 4.79 Å². The van der Waals surface area contributed by atoms with Gasteiger partial charge in [0, 0.05) is 23.1 Å². The minimum atomic E-state index is -0.852. The highest BCUT2D eigenvalue weighted by molar-refractivity contribution is 6.16. The molecule has 3 heterocycles. The zero-order valence-corrected chi connectivity index (χ0v) is 19.6. The molecule has 7 heteroatoms. The van der Waals surface area contributed by atoms with Crippen LogP contribution < -0.4 is 5.32 Å². The quantitative estimate of drug-likeness (QED) is 0.439. The summed E-state index contributed by atoms with van der Waals surface area (Å²) >= 11 is 0. The van der Waals surface area contributed by atoms with Crippen molar-refractivity contribution in [3.63, 3.8) is 0 Å². The normalized spacial score (nSPS) is 17.6. The maximum absolute atomic E-state index is 13.2. The van der Waals surface area contributed by atoms with Crippen molar-refractivity contribution in [3.05, 3.63) is 107 Å². The van der Waals surface area contributed by atoms with E-state index < -0.39 is 6.17 Å². The number of anilines is 1. The first kappa shape index (κ1) is 22.1. The summed E-state index contributed by atoms with van der Waals surface area (Å²) in [7, 11) is 0. The van der Waals surface area contributed by atoms with Crippen LogP contribution in [0.3, 0.4) is 0 Å². The fourth-order valence-electron chi connectivity index (χ4n) is 4.63. The van der Waals surface area contributed by atoms with Crippen LogP contribution in [0.25, 0.3) is 17.0 Å². The van der Waals surface area contributed by atoms with Crippen LogP contribution in [-0.4, -0.2) is 41.1 Å². The second-order valence-corrected chi connectivity index (χ2v) is 8.70. The van der Waals surface area contributed by atoms with Gasteiger partial charge >= 0.3 is 6.01 Å². The lowest BCUT2D eigenvalue weighted by molar-refractivity contribution is -0.119. The molecule has 1 atom stereocenters. The van der Waals surface area contributed by atoms with E-state index in [1.165, 1.54) is 5.57 Å². The summed E-state index contributed by atoms with van der Waals surface area (Å²) in [5.41, 5.74) is 6.67. The number of nitrogens with one attached hydrogen (secondary N) is 1. The van der Waals surface area contributed by atoms with Gasteiger partial charge in [-0.05, 0) is 29.2 Å². The standard InChI is InChI=1S/C29H24N4O3/c34-25-18-21-10-4-5-12-23(21)26(20-8-2-1-3-9-20)30-27(25)31-29-33-32-28(36-29)24-13-7-6-11-22(24)19-14-16-35-17-15-19/h1-14,27H,15-18H2,(H,31,33). The molecule has 1 unspecified atom stereocenters. The molecule has 0 fully saturated rings. The Morgan fingerprint density at radius 3 is 2.39 bits per heavy atom. The van der Waals surface area contributed by atoms with Crippen molar-refractivity contribution in [3.8, 4) is 11.5 Å². The van der Waals surface area contributed by atoms with E-state index in [0.717, 1.165) is 39.9 Å². The third-order valence-electron chi connectivity index (χ3n) is 6.40. The van der Waals surface area contributed by atoms with Gasteiger partial charge in [0.05, 0.1) is 18.9 Å². The molecule has 2 aliphatic rings. The molecule has 0 aliphatic carbocycles. The lowest BCUT2D eigenvalue weighted by atomic mass is 9.96. The highest BCUT2D eigenvalue weighted by Crippen LogP contribution is 2.32. The van der Waals surface area contributed by atoms with Crippen LogP contribution in [0.2, 0.25) is 0 Å². The first-order valence-corrected chi connectivity index (χ1v) is 12.0. The predicted octanol–water partition coefficient (Wildman–Crippen LogP) is 4.94. The lowest BCUT2D eigenvalue weighted by Gasteiger charge is -2.15. The Kier molecular flexibility index (Phi) is 5.97. The Bertz CT molecular complexity index is 1470. The second kappa shape index (κ2) is 9.71. The Morgan fingerprint density at radius 1 is 0.833 bits per heavy atom. The molecule has 1 aromatic heterocycles. The van der Waals surface area contributed by atoms with Gasteiger partial charge in [-0.25, -0.2) is 0 Å². The fraction of sp³-hybridized carbons (Fsp3) is 0.172. The molecule has 36 heavy (non-hydrogen) atoms. The number of ether oxygens (including phenoxy) is 1. The minimum Gasteiger partial charge on any atom is -0.403 e. The summed E-state index contributed by atoms with van der Waals surface area (Å²) in [5.74, 6) is 0.318. The molecule has 3 aromatic carbocycles. The molecular weight excluding hydrogens is 452 g/mol. The zero-order valence-electron chi connectivity index (χ0n) is 19.6. The van der Waals surface area contributed by atoms with Crippen molar-refractivity contribution in [2.75, 3.05) is 18.5 Å². The molecule has 0 spiro atoms. The number of rotatable bonds is 5. The molecule has 0 saturated carbocycles. The number of nitrogens with zero attached hydrogens (tertiary/aromatic N) is 3. The molecule has 0 saturated heterocycles. The number of ketones is 1. The lowest BCUT2D eigenvalue weighted by Crippen LogP contribution is -2.29. The molecule has 4 aromatic rings. The monoisotopic (exact) mass is 476 g/mol. The van der Waals surface area contributed by atoms with Gasteiger partial charge in [0.1, 0.15) is 0 Å². The van der Waals surface area contributed by atoms with E-state index in [0.29, 0.717) is 19.1 Å². The highest BCUT2D eigenvalue weighted by atomic mass is 16.5. The van der Waals surface area contributed by atoms with Gasteiger partial charge in [0.15, 0.2) is 11.9 Å². The molecule has 0 bridgehead atoms. The van der Waals surface area contributed by atoms with Crippen LogP contribution in [0.1, 0.15) is 28.7 Å². The summed E-state index contributed by atoms with van der Waals surface area (Å²) < 4.78 is 11.5. The topological polar surface area (TPSA) is 89.6 Å². The number of aromatic nitrogens is 2. The number of fused-ring (bicyclic) bond motifs is 1. The Hall–Kier alpha value is -4.36. The molecule has 1 N–H and O–H groups in total. The molecular formula is C29H24N4O3. The maximum atomic E-state index is 13.2. The molecule has 7 nitrogen and oxygen atoms in total. The largest absolute Gasteiger partial charge is 0.403 e. The van der Waals surface area contributed by atoms with Gasteiger partial charge in [-0.2, -0.15) is 0 Å². The average Bonchev–Trinajstić information content (AvgIpc) is 3.35. The second-order valence-electron chi connectivity index (χ2n) is 8.70. The van der Waals surface area contributed by atoms with E-state index in [2.05, 4.69) is 21.6 Å². The van der Waals surface area contributed by atoms with Crippen LogP contribution >= 0.6 is 0 Å². The van der Waals surface area contributed by atoms with E-state index in [1.54, 1.807) is 0 Å². The van der Waals surface area contributed by atoms with Crippen LogP contribution in [0, 0.1) is 0 Å². The highest BCUT2D eigenvalue weighted by Gasteiger charge is 2.27. The number of benzene rings is 3. The van der Waals surface area contributed by atoms with Crippen molar-refractivity contribution in [1.82, 2.24) is 10.2 Å². The van der Waals surface area contributed by atoms with Gasteiger partial charge in [0.25, 0.3) is 0 Å². The first-order chi connectivity index (χ1) is 17.8. The van der Waals surface area contributed by atoms with Crippen LogP contribution in [0.5, 0.6) is 0 Å². The van der Waals surface area contributed by atoms with Crippen molar-refractivity contribution in [2.45, 2.75) is 19.0 Å².